The van der Waals surface area contributed by atoms with Crippen LogP contribution >= 0.6 is 12.2 Å². The van der Waals surface area contributed by atoms with Crippen LogP contribution in [0.3, 0.4) is 0 Å². The van der Waals surface area contributed by atoms with Gasteiger partial charge in [0.15, 0.2) is 22.7 Å². The summed E-state index contributed by atoms with van der Waals surface area (Å²) in [6, 6.07) is 10.1. The van der Waals surface area contributed by atoms with Gasteiger partial charge in [-0.25, -0.2) is 4.79 Å². The normalized spacial score (nSPS) is 16.1. The summed E-state index contributed by atoms with van der Waals surface area (Å²) in [5, 5.41) is 11.6. The molecule has 8 nitrogen and oxygen atoms in total. The van der Waals surface area contributed by atoms with E-state index in [-0.39, 0.29) is 22.2 Å². The number of methoxy groups -OCH3 is 1. The summed E-state index contributed by atoms with van der Waals surface area (Å²) in [4.78, 5) is 38.0. The van der Waals surface area contributed by atoms with Crippen molar-refractivity contribution < 1.29 is 29.0 Å². The molecule has 0 aromatic heterocycles. The van der Waals surface area contributed by atoms with Crippen molar-refractivity contribution in [3.05, 3.63) is 58.7 Å². The molecule has 9 heteroatoms. The number of aryl methyl sites for hydroxylation is 2. The molecule has 1 heterocycles. The Kier molecular flexibility index (Phi) is 6.59. The Labute approximate surface area is 190 Å². The molecule has 0 bridgehead atoms. The Morgan fingerprint density at radius 2 is 1.84 bits per heavy atom. The Bertz CT molecular complexity index is 1160. The molecule has 0 spiro atoms. The molecule has 0 saturated carbocycles. The average molecular weight is 455 g/mol. The fraction of sp³-hybridized carbons (Fsp3) is 0.217. The van der Waals surface area contributed by atoms with Gasteiger partial charge in [-0.3, -0.25) is 19.8 Å². The lowest BCUT2D eigenvalue weighted by Gasteiger charge is -2.29. The largest absolute Gasteiger partial charge is 0.493 e. The predicted molar refractivity (Wildman–Crippen MR) is 123 cm³/mol. The van der Waals surface area contributed by atoms with Gasteiger partial charge in [-0.1, -0.05) is 12.1 Å². The Balaban J connectivity index is 1.96. The van der Waals surface area contributed by atoms with Gasteiger partial charge in [-0.2, -0.15) is 0 Å². The Morgan fingerprint density at radius 1 is 1.12 bits per heavy atom. The summed E-state index contributed by atoms with van der Waals surface area (Å²) < 4.78 is 10.7. The number of anilines is 1. The first-order valence-electron chi connectivity index (χ1n) is 9.68. The predicted octanol–water partition coefficient (Wildman–Crippen LogP) is 3.00. The SMILES string of the molecule is COc1cc(/C=C2\C(=O)NC(=S)N(c3ccc(C)c(C)c3)C2=O)ccc1O[C@@H](C)C(=O)O. The number of nitrogens with zero attached hydrogens (tertiary/aromatic N) is 1. The molecule has 32 heavy (non-hydrogen) atoms. The number of nitrogens with one attached hydrogen (secondary N) is 1. The van der Waals surface area contributed by atoms with Gasteiger partial charge in [0.05, 0.1) is 12.8 Å². The van der Waals surface area contributed by atoms with Gasteiger partial charge in [0.25, 0.3) is 11.8 Å². The minimum absolute atomic E-state index is 0.00406. The first-order valence-corrected chi connectivity index (χ1v) is 10.1. The first kappa shape index (κ1) is 23.0. The summed E-state index contributed by atoms with van der Waals surface area (Å²) in [6.07, 6.45) is 0.340. The van der Waals surface area contributed by atoms with Gasteiger partial charge in [0.2, 0.25) is 0 Å². The quantitative estimate of drug-likeness (QED) is 0.393. The maximum Gasteiger partial charge on any atom is 0.344 e. The van der Waals surface area contributed by atoms with Crippen LogP contribution in [0.1, 0.15) is 23.6 Å². The number of carboxylic acids is 1. The van der Waals surface area contributed by atoms with E-state index in [1.165, 1.54) is 31.1 Å². The van der Waals surface area contributed by atoms with Crippen LogP contribution in [0.25, 0.3) is 6.08 Å². The molecular formula is C23H22N2O6S. The van der Waals surface area contributed by atoms with Gasteiger partial charge in [0, 0.05) is 0 Å². The summed E-state index contributed by atoms with van der Waals surface area (Å²) in [5.74, 6) is -1.80. The van der Waals surface area contributed by atoms with E-state index in [9.17, 15) is 14.4 Å². The fourth-order valence-corrected chi connectivity index (χ4v) is 3.32. The molecule has 1 aliphatic heterocycles. The van der Waals surface area contributed by atoms with Crippen LogP contribution in [0.4, 0.5) is 5.69 Å². The molecule has 166 valence electrons. The monoisotopic (exact) mass is 454 g/mol. The third-order valence-electron chi connectivity index (χ3n) is 5.00. The second kappa shape index (κ2) is 9.19. The van der Waals surface area contributed by atoms with E-state index < -0.39 is 23.9 Å². The molecule has 1 aliphatic rings. The number of thiocarbonyl (C=S) groups is 1. The van der Waals surface area contributed by atoms with Crippen LogP contribution < -0.4 is 19.7 Å². The molecule has 0 unspecified atom stereocenters. The van der Waals surface area contributed by atoms with Gasteiger partial charge in [-0.05, 0) is 80.0 Å². The Hall–Kier alpha value is -3.72. The molecule has 1 atom stereocenters. The van der Waals surface area contributed by atoms with Crippen LogP contribution in [0.2, 0.25) is 0 Å². The summed E-state index contributed by atoms with van der Waals surface area (Å²) in [7, 11) is 1.41. The number of rotatable bonds is 6. The van der Waals surface area contributed by atoms with Crippen molar-refractivity contribution in [3.8, 4) is 11.5 Å². The van der Waals surface area contributed by atoms with Gasteiger partial charge >= 0.3 is 5.97 Å². The highest BCUT2D eigenvalue weighted by atomic mass is 32.1. The molecular weight excluding hydrogens is 432 g/mol. The number of carbonyl (C=O) groups excluding carboxylic acids is 2. The molecule has 2 N–H and O–H groups in total. The number of aliphatic carboxylic acids is 1. The molecule has 2 aromatic rings. The van der Waals surface area contributed by atoms with E-state index >= 15 is 0 Å². The van der Waals surface area contributed by atoms with Crippen molar-refractivity contribution in [3.63, 3.8) is 0 Å². The molecule has 1 fully saturated rings. The van der Waals surface area contributed by atoms with Gasteiger partial charge in [-0.15, -0.1) is 0 Å². The van der Waals surface area contributed by atoms with E-state index in [0.29, 0.717) is 11.3 Å². The number of hydrogen-bond acceptors (Lipinski definition) is 6. The topological polar surface area (TPSA) is 105 Å². The van der Waals surface area contributed by atoms with E-state index in [1.807, 2.05) is 26.0 Å². The third-order valence-corrected chi connectivity index (χ3v) is 5.29. The van der Waals surface area contributed by atoms with Crippen molar-refractivity contribution >= 4 is 46.9 Å². The maximum atomic E-state index is 13.2. The lowest BCUT2D eigenvalue weighted by atomic mass is 10.0. The van der Waals surface area contributed by atoms with Crippen LogP contribution in [-0.4, -0.2) is 41.2 Å². The smallest absolute Gasteiger partial charge is 0.344 e. The van der Waals surface area contributed by atoms with Crippen LogP contribution in [0, 0.1) is 13.8 Å². The number of carboxylic acid groups (broad SMARTS) is 1. The van der Waals surface area contributed by atoms with Gasteiger partial charge in [0.1, 0.15) is 5.57 Å². The molecule has 2 amide bonds. The zero-order chi connectivity index (χ0) is 23.6. The summed E-state index contributed by atoms with van der Waals surface area (Å²) in [5.41, 5.74) is 2.99. The zero-order valence-corrected chi connectivity index (χ0v) is 18.8. The van der Waals surface area contributed by atoms with Crippen LogP contribution in [0.5, 0.6) is 11.5 Å². The minimum Gasteiger partial charge on any atom is -0.493 e. The Morgan fingerprint density at radius 3 is 2.47 bits per heavy atom. The molecule has 1 saturated heterocycles. The van der Waals surface area contributed by atoms with Crippen molar-refractivity contribution in [2.75, 3.05) is 12.0 Å². The summed E-state index contributed by atoms with van der Waals surface area (Å²) in [6.45, 7) is 5.28. The van der Waals surface area contributed by atoms with E-state index in [2.05, 4.69) is 5.32 Å². The van der Waals surface area contributed by atoms with E-state index in [4.69, 9.17) is 26.8 Å². The number of benzene rings is 2. The lowest BCUT2D eigenvalue weighted by molar-refractivity contribution is -0.144. The van der Waals surface area contributed by atoms with Crippen LogP contribution in [-0.2, 0) is 14.4 Å². The number of ether oxygens (including phenoxy) is 2. The third kappa shape index (κ3) is 4.62. The average Bonchev–Trinajstić information content (AvgIpc) is 2.74. The zero-order valence-electron chi connectivity index (χ0n) is 18.0. The first-order chi connectivity index (χ1) is 15.1. The van der Waals surface area contributed by atoms with Crippen molar-refractivity contribution in [1.29, 1.82) is 0 Å². The van der Waals surface area contributed by atoms with E-state index in [1.54, 1.807) is 18.2 Å². The van der Waals surface area contributed by atoms with Crippen molar-refractivity contribution in [1.82, 2.24) is 5.32 Å². The second-order valence-corrected chi connectivity index (χ2v) is 7.62. The van der Waals surface area contributed by atoms with Crippen LogP contribution in [0.15, 0.2) is 42.0 Å². The number of amides is 2. The highest BCUT2D eigenvalue weighted by Gasteiger charge is 2.34. The molecule has 0 radical (unpaired) electrons. The van der Waals surface area contributed by atoms with Crippen molar-refractivity contribution in [2.45, 2.75) is 26.9 Å². The lowest BCUT2D eigenvalue weighted by Crippen LogP contribution is -2.54. The highest BCUT2D eigenvalue weighted by molar-refractivity contribution is 7.80. The highest BCUT2D eigenvalue weighted by Crippen LogP contribution is 2.31. The second-order valence-electron chi connectivity index (χ2n) is 7.24. The maximum absolute atomic E-state index is 13.2. The number of carbonyl (C=O) groups is 3. The molecule has 0 aliphatic carbocycles. The van der Waals surface area contributed by atoms with Gasteiger partial charge < -0.3 is 14.6 Å². The van der Waals surface area contributed by atoms with E-state index in [0.717, 1.165) is 11.1 Å². The fourth-order valence-electron chi connectivity index (χ4n) is 3.04. The molecule has 2 aromatic carbocycles. The van der Waals surface area contributed by atoms with Crippen molar-refractivity contribution in [2.24, 2.45) is 0 Å². The summed E-state index contributed by atoms with van der Waals surface area (Å²) >= 11 is 5.24. The minimum atomic E-state index is -1.12. The number of hydrogen-bond donors (Lipinski definition) is 2. The standard InChI is InChI=1S/C23H22N2O6S/c1-12-5-7-16(9-13(12)2)25-21(27)17(20(26)24-23(25)32)10-15-6-8-18(19(11-15)30-4)31-14(3)22(28)29/h5-11,14H,1-4H3,(H,28,29)(H,24,26,32)/b17-10+/t14-/m0/s1. The molecule has 3 rings (SSSR count).